The number of aryl methyl sites for hydroxylation is 1. The molecule has 2 rings (SSSR count). The lowest BCUT2D eigenvalue weighted by atomic mass is 10.1. The molecule has 1 aromatic heterocycles. The van der Waals surface area contributed by atoms with Gasteiger partial charge in [0.1, 0.15) is 5.82 Å². The molecule has 0 bridgehead atoms. The third-order valence-electron chi connectivity index (χ3n) is 2.87. The molecule has 0 aliphatic carbocycles. The Morgan fingerprint density at radius 3 is 2.74 bits per heavy atom. The molecular formula is C15H15FN2O. The maximum Gasteiger partial charge on any atom is 0.253 e. The van der Waals surface area contributed by atoms with Gasteiger partial charge in [0.15, 0.2) is 0 Å². The van der Waals surface area contributed by atoms with Crippen LogP contribution in [0.4, 0.5) is 4.39 Å². The van der Waals surface area contributed by atoms with E-state index in [0.29, 0.717) is 5.56 Å². The summed E-state index contributed by atoms with van der Waals surface area (Å²) in [6, 6.07) is 9.43. The summed E-state index contributed by atoms with van der Waals surface area (Å²) in [4.78, 5) is 16.1. The van der Waals surface area contributed by atoms with E-state index in [1.54, 1.807) is 24.3 Å². The number of benzene rings is 1. The number of aromatic nitrogens is 1. The zero-order valence-corrected chi connectivity index (χ0v) is 10.9. The average Bonchev–Trinajstić information content (AvgIpc) is 2.39. The molecule has 1 heterocycles. The van der Waals surface area contributed by atoms with E-state index in [1.807, 2.05) is 13.8 Å². The van der Waals surface area contributed by atoms with E-state index in [2.05, 4.69) is 10.3 Å². The fourth-order valence-corrected chi connectivity index (χ4v) is 1.74. The fourth-order valence-electron chi connectivity index (χ4n) is 1.74. The minimum atomic E-state index is -0.310. The topological polar surface area (TPSA) is 42.0 Å². The van der Waals surface area contributed by atoms with Gasteiger partial charge in [-0.3, -0.25) is 9.78 Å². The Labute approximate surface area is 111 Å². The van der Waals surface area contributed by atoms with Crippen LogP contribution < -0.4 is 5.32 Å². The number of hydrogen-bond acceptors (Lipinski definition) is 2. The van der Waals surface area contributed by atoms with Crippen LogP contribution in [-0.4, -0.2) is 10.9 Å². The van der Waals surface area contributed by atoms with Crippen molar-refractivity contribution in [1.82, 2.24) is 10.3 Å². The molecule has 0 fully saturated rings. The molecule has 1 N–H and O–H groups in total. The third kappa shape index (κ3) is 3.37. The van der Waals surface area contributed by atoms with Crippen molar-refractivity contribution in [1.29, 1.82) is 0 Å². The molecule has 0 radical (unpaired) electrons. The van der Waals surface area contributed by atoms with Crippen molar-refractivity contribution in [2.24, 2.45) is 0 Å². The zero-order valence-electron chi connectivity index (χ0n) is 10.9. The number of halogens is 1. The first-order chi connectivity index (χ1) is 9.06. The van der Waals surface area contributed by atoms with Crippen molar-refractivity contribution in [3.05, 3.63) is 65.2 Å². The highest BCUT2D eigenvalue weighted by Crippen LogP contribution is 2.14. The first kappa shape index (κ1) is 13.2. The monoisotopic (exact) mass is 258 g/mol. The number of nitrogens with one attached hydrogen (secondary N) is 1. The van der Waals surface area contributed by atoms with Crippen LogP contribution in [0.3, 0.4) is 0 Å². The molecule has 4 heteroatoms. The normalized spacial score (nSPS) is 11.9. The van der Waals surface area contributed by atoms with Crippen LogP contribution in [0.2, 0.25) is 0 Å². The summed E-state index contributed by atoms with van der Waals surface area (Å²) in [5.74, 6) is -0.528. The largest absolute Gasteiger partial charge is 0.345 e. The van der Waals surface area contributed by atoms with Crippen molar-refractivity contribution in [3.63, 3.8) is 0 Å². The summed E-state index contributed by atoms with van der Waals surface area (Å²) < 4.78 is 13.1. The van der Waals surface area contributed by atoms with Gasteiger partial charge in [0.05, 0.1) is 11.6 Å². The number of rotatable bonds is 3. The number of carbonyl (C=O) groups is 1. The number of hydrogen-bond donors (Lipinski definition) is 1. The maximum absolute atomic E-state index is 13.1. The molecule has 0 saturated heterocycles. The average molecular weight is 258 g/mol. The van der Waals surface area contributed by atoms with Gasteiger partial charge in [0, 0.05) is 11.9 Å². The van der Waals surface area contributed by atoms with E-state index in [1.165, 1.54) is 18.3 Å². The van der Waals surface area contributed by atoms with Crippen LogP contribution in [0.15, 0.2) is 42.6 Å². The molecule has 0 saturated carbocycles. The summed E-state index contributed by atoms with van der Waals surface area (Å²) in [6.45, 7) is 3.67. The highest BCUT2D eigenvalue weighted by Gasteiger charge is 2.11. The lowest BCUT2D eigenvalue weighted by Crippen LogP contribution is -2.26. The Morgan fingerprint density at radius 1 is 1.32 bits per heavy atom. The van der Waals surface area contributed by atoms with E-state index >= 15 is 0 Å². The van der Waals surface area contributed by atoms with Crippen molar-refractivity contribution in [2.45, 2.75) is 19.9 Å². The van der Waals surface area contributed by atoms with Crippen LogP contribution in [0.25, 0.3) is 0 Å². The van der Waals surface area contributed by atoms with Gasteiger partial charge in [-0.25, -0.2) is 4.39 Å². The van der Waals surface area contributed by atoms with Gasteiger partial charge in [0.2, 0.25) is 0 Å². The Morgan fingerprint density at radius 2 is 2.11 bits per heavy atom. The van der Waals surface area contributed by atoms with Crippen LogP contribution >= 0.6 is 0 Å². The second kappa shape index (κ2) is 5.61. The zero-order chi connectivity index (χ0) is 13.8. The smallest absolute Gasteiger partial charge is 0.253 e. The number of carbonyl (C=O) groups excluding carboxylic acids is 1. The van der Waals surface area contributed by atoms with Crippen LogP contribution in [0, 0.1) is 12.7 Å². The summed E-state index contributed by atoms with van der Waals surface area (Å²) in [5, 5.41) is 2.81. The Balaban J connectivity index is 2.08. The predicted octanol–water partition coefficient (Wildman–Crippen LogP) is 3.02. The Bertz CT molecular complexity index is 581. The molecule has 3 nitrogen and oxygen atoms in total. The highest BCUT2D eigenvalue weighted by molar-refractivity contribution is 5.94. The van der Waals surface area contributed by atoms with Crippen LogP contribution in [0.5, 0.6) is 0 Å². The number of nitrogens with zero attached hydrogens (tertiary/aromatic N) is 1. The predicted molar refractivity (Wildman–Crippen MR) is 71.3 cm³/mol. The fraction of sp³-hybridized carbons (Fsp3) is 0.200. The lowest BCUT2D eigenvalue weighted by Gasteiger charge is -2.14. The van der Waals surface area contributed by atoms with Crippen molar-refractivity contribution in [2.75, 3.05) is 0 Å². The van der Waals surface area contributed by atoms with E-state index in [-0.39, 0.29) is 17.8 Å². The molecular weight excluding hydrogens is 243 g/mol. The minimum Gasteiger partial charge on any atom is -0.345 e. The standard InChI is InChI=1S/C15H15FN2O/c1-10-6-7-13(9-17-10)15(19)18-11(2)12-4-3-5-14(16)8-12/h3-9,11H,1-2H3,(H,18,19). The Hall–Kier alpha value is -2.23. The molecule has 0 spiro atoms. The SMILES string of the molecule is Cc1ccc(C(=O)NC(C)c2cccc(F)c2)cn1. The second-order valence-corrected chi connectivity index (χ2v) is 4.44. The third-order valence-corrected chi connectivity index (χ3v) is 2.87. The van der Waals surface area contributed by atoms with E-state index < -0.39 is 0 Å². The quantitative estimate of drug-likeness (QED) is 0.919. The van der Waals surface area contributed by atoms with E-state index in [0.717, 1.165) is 11.3 Å². The number of amides is 1. The van der Waals surface area contributed by atoms with Crippen molar-refractivity contribution >= 4 is 5.91 Å². The minimum absolute atomic E-state index is 0.218. The van der Waals surface area contributed by atoms with Gasteiger partial charge in [-0.05, 0) is 43.7 Å². The van der Waals surface area contributed by atoms with Crippen molar-refractivity contribution < 1.29 is 9.18 Å². The van der Waals surface area contributed by atoms with Gasteiger partial charge in [-0.2, -0.15) is 0 Å². The summed E-state index contributed by atoms with van der Waals surface area (Å²) in [5.41, 5.74) is 2.08. The highest BCUT2D eigenvalue weighted by atomic mass is 19.1. The van der Waals surface area contributed by atoms with Gasteiger partial charge < -0.3 is 5.32 Å². The first-order valence-electron chi connectivity index (χ1n) is 6.05. The van der Waals surface area contributed by atoms with E-state index in [9.17, 15) is 9.18 Å². The van der Waals surface area contributed by atoms with Gasteiger partial charge >= 0.3 is 0 Å². The first-order valence-corrected chi connectivity index (χ1v) is 6.05. The molecule has 98 valence electrons. The van der Waals surface area contributed by atoms with E-state index in [4.69, 9.17) is 0 Å². The Kier molecular flexibility index (Phi) is 3.90. The molecule has 1 unspecified atom stereocenters. The van der Waals surface area contributed by atoms with Gasteiger partial charge in [0.25, 0.3) is 5.91 Å². The molecule has 19 heavy (non-hydrogen) atoms. The molecule has 1 aromatic carbocycles. The van der Waals surface area contributed by atoms with Crippen LogP contribution in [0.1, 0.15) is 34.6 Å². The molecule has 1 amide bonds. The molecule has 2 aromatic rings. The van der Waals surface area contributed by atoms with Crippen molar-refractivity contribution in [3.8, 4) is 0 Å². The maximum atomic E-state index is 13.1. The van der Waals surface area contributed by atoms with Crippen LogP contribution in [-0.2, 0) is 0 Å². The lowest BCUT2D eigenvalue weighted by molar-refractivity contribution is 0.0939. The van der Waals surface area contributed by atoms with Gasteiger partial charge in [-0.15, -0.1) is 0 Å². The summed E-state index contributed by atoms with van der Waals surface area (Å²) in [6.07, 6.45) is 1.53. The number of pyridine rings is 1. The molecule has 1 atom stereocenters. The molecule has 0 aliphatic heterocycles. The van der Waals surface area contributed by atoms with Gasteiger partial charge in [-0.1, -0.05) is 12.1 Å². The molecule has 0 aliphatic rings. The summed E-state index contributed by atoms with van der Waals surface area (Å²) >= 11 is 0. The second-order valence-electron chi connectivity index (χ2n) is 4.44. The summed E-state index contributed by atoms with van der Waals surface area (Å²) in [7, 11) is 0.